The van der Waals surface area contributed by atoms with E-state index in [-0.39, 0.29) is 6.03 Å². The SMILES string of the molecule is CCCCNC(=O)N1CCN(Cc2cc(OC)ccc2OC)CC1. The molecule has 0 bridgehead atoms. The zero-order valence-electron chi connectivity index (χ0n) is 15.0. The summed E-state index contributed by atoms with van der Waals surface area (Å²) in [4.78, 5) is 16.3. The van der Waals surface area contributed by atoms with Gasteiger partial charge in [-0.25, -0.2) is 4.79 Å². The highest BCUT2D eigenvalue weighted by Crippen LogP contribution is 2.25. The quantitative estimate of drug-likeness (QED) is 0.777. The van der Waals surface area contributed by atoms with Gasteiger partial charge in [-0.15, -0.1) is 0 Å². The number of urea groups is 1. The summed E-state index contributed by atoms with van der Waals surface area (Å²) in [5.74, 6) is 1.70. The number of benzene rings is 1. The highest BCUT2D eigenvalue weighted by Gasteiger charge is 2.21. The summed E-state index contributed by atoms with van der Waals surface area (Å²) in [6, 6.07) is 5.91. The number of hydrogen-bond donors (Lipinski definition) is 1. The first-order chi connectivity index (χ1) is 11.7. The first kappa shape index (κ1) is 18.4. The molecule has 2 rings (SSSR count). The third-order valence-electron chi connectivity index (χ3n) is 4.35. The Bertz CT molecular complexity index is 528. The van der Waals surface area contributed by atoms with E-state index < -0.39 is 0 Å². The molecule has 1 N–H and O–H groups in total. The van der Waals surface area contributed by atoms with Crippen molar-refractivity contribution in [1.29, 1.82) is 0 Å². The fourth-order valence-corrected chi connectivity index (χ4v) is 2.84. The van der Waals surface area contributed by atoms with E-state index in [1.165, 1.54) is 0 Å². The summed E-state index contributed by atoms with van der Waals surface area (Å²) in [6.07, 6.45) is 2.12. The number of piperazine rings is 1. The number of methoxy groups -OCH3 is 2. The number of carbonyl (C=O) groups excluding carboxylic acids is 1. The Labute approximate surface area is 144 Å². The average Bonchev–Trinajstić information content (AvgIpc) is 2.62. The van der Waals surface area contributed by atoms with E-state index in [1.807, 2.05) is 23.1 Å². The van der Waals surface area contributed by atoms with Gasteiger partial charge in [-0.05, 0) is 24.6 Å². The number of hydrogen-bond acceptors (Lipinski definition) is 4. The maximum absolute atomic E-state index is 12.1. The van der Waals surface area contributed by atoms with Crippen molar-refractivity contribution in [1.82, 2.24) is 15.1 Å². The van der Waals surface area contributed by atoms with Crippen LogP contribution in [-0.2, 0) is 6.54 Å². The summed E-state index contributed by atoms with van der Waals surface area (Å²) < 4.78 is 10.7. The molecular weight excluding hydrogens is 306 g/mol. The summed E-state index contributed by atoms with van der Waals surface area (Å²) in [5, 5.41) is 2.98. The molecule has 0 saturated carbocycles. The average molecular weight is 335 g/mol. The standard InChI is InChI=1S/C18H29N3O3/c1-4-5-8-19-18(22)21-11-9-20(10-12-21)14-15-13-16(23-2)6-7-17(15)24-3/h6-7,13H,4-5,8-12,14H2,1-3H3,(H,19,22). The van der Waals surface area contributed by atoms with Crippen molar-refractivity contribution < 1.29 is 14.3 Å². The number of ether oxygens (including phenoxy) is 2. The Morgan fingerprint density at radius 2 is 1.92 bits per heavy atom. The molecule has 1 saturated heterocycles. The van der Waals surface area contributed by atoms with Gasteiger partial charge in [-0.3, -0.25) is 4.90 Å². The van der Waals surface area contributed by atoms with Crippen LogP contribution >= 0.6 is 0 Å². The Balaban J connectivity index is 1.86. The van der Waals surface area contributed by atoms with E-state index in [4.69, 9.17) is 9.47 Å². The minimum Gasteiger partial charge on any atom is -0.497 e. The Hall–Kier alpha value is -1.95. The molecule has 24 heavy (non-hydrogen) atoms. The van der Waals surface area contributed by atoms with Gasteiger partial charge >= 0.3 is 6.03 Å². The molecule has 0 radical (unpaired) electrons. The van der Waals surface area contributed by atoms with Gasteiger partial charge in [0.2, 0.25) is 0 Å². The third kappa shape index (κ3) is 5.03. The monoisotopic (exact) mass is 335 g/mol. The molecule has 0 aliphatic carbocycles. The fourth-order valence-electron chi connectivity index (χ4n) is 2.84. The normalized spacial score (nSPS) is 15.2. The molecule has 0 spiro atoms. The third-order valence-corrected chi connectivity index (χ3v) is 4.35. The van der Waals surface area contributed by atoms with Crippen LogP contribution in [0.5, 0.6) is 11.5 Å². The molecule has 0 atom stereocenters. The van der Waals surface area contributed by atoms with E-state index in [9.17, 15) is 4.79 Å². The maximum Gasteiger partial charge on any atom is 0.317 e. The summed E-state index contributed by atoms with van der Waals surface area (Å²) >= 11 is 0. The van der Waals surface area contributed by atoms with Crippen LogP contribution in [0.25, 0.3) is 0 Å². The molecule has 1 aromatic rings. The molecule has 2 amide bonds. The Morgan fingerprint density at radius 1 is 1.17 bits per heavy atom. The van der Waals surface area contributed by atoms with Crippen LogP contribution < -0.4 is 14.8 Å². The van der Waals surface area contributed by atoms with Gasteiger partial charge in [0.15, 0.2) is 0 Å². The minimum absolute atomic E-state index is 0.0575. The molecule has 0 aromatic heterocycles. The van der Waals surface area contributed by atoms with E-state index in [1.54, 1.807) is 14.2 Å². The lowest BCUT2D eigenvalue weighted by atomic mass is 10.1. The van der Waals surface area contributed by atoms with Crippen LogP contribution in [0.4, 0.5) is 4.79 Å². The lowest BCUT2D eigenvalue weighted by Crippen LogP contribution is -2.51. The van der Waals surface area contributed by atoms with Gasteiger partial charge in [0.05, 0.1) is 14.2 Å². The number of nitrogens with zero attached hydrogens (tertiary/aromatic N) is 2. The second kappa shape index (κ2) is 9.37. The molecule has 1 heterocycles. The summed E-state index contributed by atoms with van der Waals surface area (Å²) in [5.41, 5.74) is 1.11. The number of carbonyl (C=O) groups is 1. The molecule has 134 valence electrons. The van der Waals surface area contributed by atoms with Crippen LogP contribution in [0.2, 0.25) is 0 Å². The minimum atomic E-state index is 0.0575. The van der Waals surface area contributed by atoms with E-state index >= 15 is 0 Å². The largest absolute Gasteiger partial charge is 0.497 e. The summed E-state index contributed by atoms with van der Waals surface area (Å²) in [7, 11) is 3.35. The van der Waals surface area contributed by atoms with E-state index in [0.717, 1.165) is 69.2 Å². The molecule has 6 heteroatoms. The number of nitrogens with one attached hydrogen (secondary N) is 1. The van der Waals surface area contributed by atoms with Crippen molar-refractivity contribution in [2.24, 2.45) is 0 Å². The highest BCUT2D eigenvalue weighted by molar-refractivity contribution is 5.74. The molecule has 6 nitrogen and oxygen atoms in total. The molecule has 0 unspecified atom stereocenters. The predicted octanol–water partition coefficient (Wildman–Crippen LogP) is 2.33. The fraction of sp³-hybridized carbons (Fsp3) is 0.611. The Kier molecular flexibility index (Phi) is 7.18. The molecule has 1 aliphatic heterocycles. The smallest absolute Gasteiger partial charge is 0.317 e. The van der Waals surface area contributed by atoms with Crippen LogP contribution in [0.3, 0.4) is 0 Å². The number of rotatable bonds is 7. The highest BCUT2D eigenvalue weighted by atomic mass is 16.5. The first-order valence-corrected chi connectivity index (χ1v) is 8.64. The Morgan fingerprint density at radius 3 is 2.54 bits per heavy atom. The predicted molar refractivity (Wildman–Crippen MR) is 94.7 cm³/mol. The lowest BCUT2D eigenvalue weighted by molar-refractivity contribution is 0.134. The van der Waals surface area contributed by atoms with Crippen LogP contribution in [-0.4, -0.2) is 62.8 Å². The first-order valence-electron chi connectivity index (χ1n) is 8.64. The molecular formula is C18H29N3O3. The summed E-state index contributed by atoms with van der Waals surface area (Å²) in [6.45, 7) is 6.91. The number of unbranched alkanes of at least 4 members (excludes halogenated alkanes) is 1. The zero-order valence-corrected chi connectivity index (χ0v) is 15.0. The van der Waals surface area contributed by atoms with Crippen molar-refractivity contribution >= 4 is 6.03 Å². The second-order valence-electron chi connectivity index (χ2n) is 6.03. The van der Waals surface area contributed by atoms with Crippen molar-refractivity contribution in [3.63, 3.8) is 0 Å². The lowest BCUT2D eigenvalue weighted by Gasteiger charge is -2.35. The maximum atomic E-state index is 12.1. The van der Waals surface area contributed by atoms with Gasteiger partial charge in [0, 0.05) is 44.8 Å². The van der Waals surface area contributed by atoms with Gasteiger partial charge in [0.25, 0.3) is 0 Å². The van der Waals surface area contributed by atoms with Gasteiger partial charge in [-0.2, -0.15) is 0 Å². The number of amides is 2. The van der Waals surface area contributed by atoms with Crippen LogP contribution in [0.15, 0.2) is 18.2 Å². The zero-order chi connectivity index (χ0) is 17.4. The molecule has 1 aliphatic rings. The van der Waals surface area contributed by atoms with Gasteiger partial charge in [0.1, 0.15) is 11.5 Å². The van der Waals surface area contributed by atoms with Crippen molar-refractivity contribution in [3.05, 3.63) is 23.8 Å². The molecule has 1 fully saturated rings. The van der Waals surface area contributed by atoms with E-state index in [0.29, 0.717) is 0 Å². The van der Waals surface area contributed by atoms with Crippen molar-refractivity contribution in [2.45, 2.75) is 26.3 Å². The van der Waals surface area contributed by atoms with Crippen LogP contribution in [0.1, 0.15) is 25.3 Å². The van der Waals surface area contributed by atoms with E-state index in [2.05, 4.69) is 17.1 Å². The second-order valence-corrected chi connectivity index (χ2v) is 6.03. The van der Waals surface area contributed by atoms with Crippen molar-refractivity contribution in [2.75, 3.05) is 46.9 Å². The topological polar surface area (TPSA) is 54.0 Å². The van der Waals surface area contributed by atoms with Crippen molar-refractivity contribution in [3.8, 4) is 11.5 Å². The molecule has 1 aromatic carbocycles. The van der Waals surface area contributed by atoms with Gasteiger partial charge in [-0.1, -0.05) is 13.3 Å². The van der Waals surface area contributed by atoms with Crippen LogP contribution in [0, 0.1) is 0 Å². The van der Waals surface area contributed by atoms with Gasteiger partial charge < -0.3 is 19.7 Å².